The number of rotatable bonds is 3. The number of carbonyl (C=O) groups excluding carboxylic acids is 1. The van der Waals surface area contributed by atoms with E-state index < -0.39 is 0 Å². The number of carbonyl (C=O) groups is 1. The Morgan fingerprint density at radius 1 is 1.33 bits per heavy atom. The fourth-order valence-corrected chi connectivity index (χ4v) is 3.77. The Morgan fingerprint density at radius 2 is 2.21 bits per heavy atom. The molecule has 1 aromatic carbocycles. The minimum Gasteiger partial charge on any atom is -0.497 e. The van der Waals surface area contributed by atoms with E-state index in [0.29, 0.717) is 10.9 Å². The van der Waals surface area contributed by atoms with E-state index in [2.05, 4.69) is 15.5 Å². The van der Waals surface area contributed by atoms with Crippen molar-refractivity contribution in [1.29, 1.82) is 0 Å². The first-order valence-electron chi connectivity index (χ1n) is 7.55. The second-order valence-electron chi connectivity index (χ2n) is 5.59. The summed E-state index contributed by atoms with van der Waals surface area (Å²) in [5.74, 6) is 1.14. The Labute approximate surface area is 142 Å². The lowest BCUT2D eigenvalue weighted by molar-refractivity contribution is 0.101. The van der Waals surface area contributed by atoms with Crippen LogP contribution in [0.3, 0.4) is 0 Å². The highest BCUT2D eigenvalue weighted by Gasteiger charge is 2.22. The zero-order chi connectivity index (χ0) is 16.7. The summed E-state index contributed by atoms with van der Waals surface area (Å²) in [6.07, 6.45) is 1.85. The van der Waals surface area contributed by atoms with Gasteiger partial charge in [-0.3, -0.25) is 10.1 Å². The van der Waals surface area contributed by atoms with Gasteiger partial charge in [0.25, 0.3) is 5.91 Å². The molecular formula is C17H15N3O3S. The summed E-state index contributed by atoms with van der Waals surface area (Å²) < 4.78 is 10.2. The molecule has 0 bridgehead atoms. The molecule has 1 aliphatic rings. The average Bonchev–Trinajstić information content (AvgIpc) is 3.20. The molecule has 24 heavy (non-hydrogen) atoms. The summed E-state index contributed by atoms with van der Waals surface area (Å²) in [6.45, 7) is 1.75. The topological polar surface area (TPSA) is 77.2 Å². The number of anilines is 1. The third kappa shape index (κ3) is 2.56. The molecule has 0 radical (unpaired) electrons. The van der Waals surface area contributed by atoms with Crippen molar-refractivity contribution in [2.75, 3.05) is 12.4 Å². The van der Waals surface area contributed by atoms with Crippen LogP contribution in [-0.4, -0.2) is 23.2 Å². The van der Waals surface area contributed by atoms with Crippen LogP contribution in [0.25, 0.3) is 11.3 Å². The predicted octanol–water partition coefficient (Wildman–Crippen LogP) is 3.47. The third-order valence-electron chi connectivity index (χ3n) is 3.97. The second kappa shape index (κ2) is 5.76. The number of nitrogens with zero attached hydrogens (tertiary/aromatic N) is 2. The summed E-state index contributed by atoms with van der Waals surface area (Å²) in [4.78, 5) is 18.0. The number of aryl methyl sites for hydroxylation is 3. The van der Waals surface area contributed by atoms with E-state index in [4.69, 9.17) is 9.26 Å². The van der Waals surface area contributed by atoms with Crippen molar-refractivity contribution in [1.82, 2.24) is 10.1 Å². The number of aromatic nitrogens is 2. The Morgan fingerprint density at radius 3 is 2.96 bits per heavy atom. The van der Waals surface area contributed by atoms with Crippen molar-refractivity contribution in [2.24, 2.45) is 0 Å². The molecule has 4 rings (SSSR count). The van der Waals surface area contributed by atoms with Gasteiger partial charge in [-0.15, -0.1) is 11.3 Å². The molecule has 1 N–H and O–H groups in total. The van der Waals surface area contributed by atoms with Crippen molar-refractivity contribution in [3.63, 3.8) is 0 Å². The standard InChI is InChI=1S/C17H15N3O3S/c1-9-7-13(20-23-9)16(21)19-17-18-15-12-5-4-11(22-2)8-10(12)3-6-14(15)24-17/h4-5,7-8H,3,6H2,1-2H3,(H,18,19,21). The van der Waals surface area contributed by atoms with Crippen LogP contribution in [0.2, 0.25) is 0 Å². The highest BCUT2D eigenvalue weighted by molar-refractivity contribution is 7.16. The smallest absolute Gasteiger partial charge is 0.279 e. The van der Waals surface area contributed by atoms with Crippen LogP contribution in [0.1, 0.15) is 26.7 Å². The van der Waals surface area contributed by atoms with E-state index in [9.17, 15) is 4.79 Å². The Bertz CT molecular complexity index is 929. The second-order valence-corrected chi connectivity index (χ2v) is 6.67. The van der Waals surface area contributed by atoms with Crippen LogP contribution in [0.15, 0.2) is 28.8 Å². The first-order chi connectivity index (χ1) is 11.6. The van der Waals surface area contributed by atoms with Crippen LogP contribution in [0.5, 0.6) is 5.75 Å². The number of nitrogens with one attached hydrogen (secondary N) is 1. The van der Waals surface area contributed by atoms with Gasteiger partial charge >= 0.3 is 0 Å². The highest BCUT2D eigenvalue weighted by Crippen LogP contribution is 2.39. The lowest BCUT2D eigenvalue weighted by Gasteiger charge is -2.15. The molecule has 7 heteroatoms. The van der Waals surface area contributed by atoms with E-state index >= 15 is 0 Å². The largest absolute Gasteiger partial charge is 0.497 e. The fraction of sp³-hybridized carbons (Fsp3) is 0.235. The summed E-state index contributed by atoms with van der Waals surface area (Å²) >= 11 is 1.51. The van der Waals surface area contributed by atoms with Crippen LogP contribution in [0, 0.1) is 6.92 Å². The number of fused-ring (bicyclic) bond motifs is 3. The van der Waals surface area contributed by atoms with Gasteiger partial charge in [0.05, 0.1) is 12.8 Å². The minimum absolute atomic E-state index is 0.255. The fourth-order valence-electron chi connectivity index (χ4n) is 2.80. The average molecular weight is 341 g/mol. The third-order valence-corrected chi connectivity index (χ3v) is 5.00. The zero-order valence-corrected chi connectivity index (χ0v) is 14.1. The van der Waals surface area contributed by atoms with Crippen LogP contribution in [0.4, 0.5) is 5.13 Å². The van der Waals surface area contributed by atoms with Crippen LogP contribution in [-0.2, 0) is 12.8 Å². The van der Waals surface area contributed by atoms with Gasteiger partial charge in [0, 0.05) is 16.5 Å². The molecule has 0 saturated carbocycles. The molecule has 1 aliphatic carbocycles. The van der Waals surface area contributed by atoms with Gasteiger partial charge in [0.1, 0.15) is 11.5 Å². The molecular weight excluding hydrogens is 326 g/mol. The van der Waals surface area contributed by atoms with Crippen molar-refractivity contribution in [3.8, 4) is 17.0 Å². The van der Waals surface area contributed by atoms with Gasteiger partial charge in [-0.25, -0.2) is 4.98 Å². The highest BCUT2D eigenvalue weighted by atomic mass is 32.1. The minimum atomic E-state index is -0.312. The number of thiazole rings is 1. The van der Waals surface area contributed by atoms with Crippen LogP contribution >= 0.6 is 11.3 Å². The van der Waals surface area contributed by atoms with E-state index in [-0.39, 0.29) is 11.6 Å². The van der Waals surface area contributed by atoms with Crippen LogP contribution < -0.4 is 10.1 Å². The number of hydrogen-bond acceptors (Lipinski definition) is 6. The summed E-state index contributed by atoms with van der Waals surface area (Å²) in [6, 6.07) is 7.61. The molecule has 3 aromatic rings. The number of amides is 1. The number of methoxy groups -OCH3 is 1. The SMILES string of the molecule is COc1ccc2c(c1)CCc1sc(NC(=O)c3cc(C)on3)nc1-2. The Hall–Kier alpha value is -2.67. The first-order valence-corrected chi connectivity index (χ1v) is 8.37. The maximum Gasteiger partial charge on any atom is 0.279 e. The van der Waals surface area contributed by atoms with Crippen molar-refractivity contribution >= 4 is 22.4 Å². The lowest BCUT2D eigenvalue weighted by atomic mass is 9.93. The van der Waals surface area contributed by atoms with Crippen molar-refractivity contribution < 1.29 is 14.1 Å². The molecule has 1 amide bonds. The van der Waals surface area contributed by atoms with E-state index in [1.807, 2.05) is 18.2 Å². The number of benzene rings is 1. The lowest BCUT2D eigenvalue weighted by Crippen LogP contribution is -2.11. The number of ether oxygens (including phenoxy) is 1. The molecule has 0 unspecified atom stereocenters. The van der Waals surface area contributed by atoms with Gasteiger partial charge in [0.15, 0.2) is 10.8 Å². The molecule has 0 atom stereocenters. The van der Waals surface area contributed by atoms with Gasteiger partial charge < -0.3 is 9.26 Å². The molecule has 122 valence electrons. The Balaban J connectivity index is 1.63. The molecule has 2 aromatic heterocycles. The molecule has 0 aliphatic heterocycles. The van der Waals surface area contributed by atoms with E-state index in [1.165, 1.54) is 21.8 Å². The normalized spacial score (nSPS) is 12.4. The molecule has 0 spiro atoms. The number of hydrogen-bond donors (Lipinski definition) is 1. The Kier molecular flexibility index (Phi) is 3.57. The van der Waals surface area contributed by atoms with Gasteiger partial charge in [-0.1, -0.05) is 5.16 Å². The zero-order valence-electron chi connectivity index (χ0n) is 13.3. The quantitative estimate of drug-likeness (QED) is 0.789. The summed E-state index contributed by atoms with van der Waals surface area (Å²) in [5.41, 5.74) is 3.52. The van der Waals surface area contributed by atoms with Crippen molar-refractivity contribution in [3.05, 3.63) is 46.2 Å². The van der Waals surface area contributed by atoms with Gasteiger partial charge in [0.2, 0.25) is 0 Å². The van der Waals surface area contributed by atoms with Gasteiger partial charge in [-0.2, -0.15) is 0 Å². The van der Waals surface area contributed by atoms with E-state index in [1.54, 1.807) is 20.1 Å². The summed E-state index contributed by atoms with van der Waals surface area (Å²) in [5, 5.41) is 7.11. The van der Waals surface area contributed by atoms with E-state index in [0.717, 1.165) is 29.8 Å². The van der Waals surface area contributed by atoms with Crippen molar-refractivity contribution in [2.45, 2.75) is 19.8 Å². The maximum atomic E-state index is 12.2. The molecule has 0 saturated heterocycles. The monoisotopic (exact) mass is 341 g/mol. The molecule has 2 heterocycles. The molecule has 0 fully saturated rings. The molecule has 6 nitrogen and oxygen atoms in total. The first kappa shape index (κ1) is 14.9. The van der Waals surface area contributed by atoms with Gasteiger partial charge in [-0.05, 0) is 43.5 Å². The summed E-state index contributed by atoms with van der Waals surface area (Å²) in [7, 11) is 1.66. The predicted molar refractivity (Wildman–Crippen MR) is 90.7 cm³/mol. The maximum absolute atomic E-state index is 12.2.